The molecule has 3 aliphatic rings. The lowest BCUT2D eigenvalue weighted by molar-refractivity contribution is -0.193. The Balaban J connectivity index is 1.91. The summed E-state index contributed by atoms with van der Waals surface area (Å²) in [4.78, 5) is 52.0. The number of ether oxygens (including phenoxy) is 3. The van der Waals surface area contributed by atoms with Gasteiger partial charge in [-0.1, -0.05) is 27.7 Å². The van der Waals surface area contributed by atoms with Crippen LogP contribution in [0, 0.1) is 33.0 Å². The van der Waals surface area contributed by atoms with Gasteiger partial charge in [0.05, 0.1) is 29.3 Å². The summed E-state index contributed by atoms with van der Waals surface area (Å²) in [6.45, 7) is 19.2. The summed E-state index contributed by atoms with van der Waals surface area (Å²) in [6, 6.07) is 0. The fourth-order valence-corrected chi connectivity index (χ4v) is 7.80. The first kappa shape index (κ1) is 31.4. The molecule has 0 amide bonds. The molecule has 3 rings (SSSR count). The Morgan fingerprint density at radius 3 is 2.00 bits per heavy atom. The molecule has 1 heterocycles. The minimum atomic E-state index is -1.32. The zero-order chi connectivity index (χ0) is 29.9. The molecule has 0 radical (unpaired) electrons. The van der Waals surface area contributed by atoms with Crippen LogP contribution >= 0.6 is 0 Å². The van der Waals surface area contributed by atoms with Gasteiger partial charge in [-0.25, -0.2) is 0 Å². The molecule has 1 N–H and O–H groups in total. The van der Waals surface area contributed by atoms with Crippen molar-refractivity contribution in [1.82, 2.24) is 0 Å². The first-order valence-corrected chi connectivity index (χ1v) is 14.4. The molecule has 39 heavy (non-hydrogen) atoms. The summed E-state index contributed by atoms with van der Waals surface area (Å²) in [5, 5.41) is 9.91. The SMILES string of the molecule is CCC(C)(CC(C)(CC(C)(C)C(=O)O)C(=O)OC1(C)CCOC(=O)C1)C(=O)OC1(C)CC2CCC1(C)C2(C)C. The van der Waals surface area contributed by atoms with Gasteiger partial charge in [0.15, 0.2) is 0 Å². The average molecular weight is 551 g/mol. The van der Waals surface area contributed by atoms with Gasteiger partial charge in [0.2, 0.25) is 0 Å². The highest BCUT2D eigenvalue weighted by Gasteiger charge is 2.69. The van der Waals surface area contributed by atoms with Crippen molar-refractivity contribution in [2.45, 2.75) is 132 Å². The molecule has 6 atom stereocenters. The average Bonchev–Trinajstić information content (AvgIpc) is 3.09. The van der Waals surface area contributed by atoms with E-state index in [0.717, 1.165) is 19.3 Å². The number of fused-ring (bicyclic) bond motifs is 2. The number of rotatable bonds is 10. The molecule has 2 bridgehead atoms. The maximum atomic E-state index is 14.0. The Morgan fingerprint density at radius 2 is 1.54 bits per heavy atom. The second-order valence-electron chi connectivity index (χ2n) is 15.1. The Kier molecular flexibility index (Phi) is 7.86. The quantitative estimate of drug-likeness (QED) is 0.257. The van der Waals surface area contributed by atoms with Gasteiger partial charge in [0, 0.05) is 11.8 Å². The summed E-state index contributed by atoms with van der Waals surface area (Å²) in [5.41, 5.74) is -5.43. The fraction of sp³-hybridized carbons (Fsp3) is 0.871. The number of carboxylic acid groups (broad SMARTS) is 1. The van der Waals surface area contributed by atoms with Crippen LogP contribution in [0.4, 0.5) is 0 Å². The summed E-state index contributed by atoms with van der Waals surface area (Å²) in [5.74, 6) is -1.98. The zero-order valence-electron chi connectivity index (χ0n) is 25.7. The Labute approximate surface area is 233 Å². The van der Waals surface area contributed by atoms with Crippen molar-refractivity contribution in [3.05, 3.63) is 0 Å². The van der Waals surface area contributed by atoms with Gasteiger partial charge in [-0.05, 0) is 91.4 Å². The lowest BCUT2D eigenvalue weighted by Gasteiger charge is -2.48. The molecule has 0 aromatic rings. The maximum Gasteiger partial charge on any atom is 0.312 e. The number of hydrogen-bond acceptors (Lipinski definition) is 7. The monoisotopic (exact) mass is 550 g/mol. The van der Waals surface area contributed by atoms with E-state index in [9.17, 15) is 24.3 Å². The van der Waals surface area contributed by atoms with Crippen LogP contribution in [0.5, 0.6) is 0 Å². The molecule has 8 heteroatoms. The molecule has 1 saturated heterocycles. The molecule has 2 saturated carbocycles. The Morgan fingerprint density at radius 1 is 0.949 bits per heavy atom. The van der Waals surface area contributed by atoms with E-state index in [1.165, 1.54) is 0 Å². The largest absolute Gasteiger partial charge is 0.481 e. The van der Waals surface area contributed by atoms with Crippen LogP contribution < -0.4 is 0 Å². The van der Waals surface area contributed by atoms with Crippen molar-refractivity contribution in [2.24, 2.45) is 33.0 Å². The first-order valence-electron chi connectivity index (χ1n) is 14.4. The molecule has 1 aliphatic heterocycles. The number of hydrogen-bond donors (Lipinski definition) is 1. The van der Waals surface area contributed by atoms with Crippen molar-refractivity contribution in [1.29, 1.82) is 0 Å². The van der Waals surface area contributed by atoms with E-state index in [2.05, 4.69) is 20.8 Å². The molecule has 8 nitrogen and oxygen atoms in total. The van der Waals surface area contributed by atoms with Crippen molar-refractivity contribution >= 4 is 23.9 Å². The van der Waals surface area contributed by atoms with Crippen LogP contribution in [0.15, 0.2) is 0 Å². The van der Waals surface area contributed by atoms with E-state index < -0.39 is 45.4 Å². The van der Waals surface area contributed by atoms with Gasteiger partial charge in [0.25, 0.3) is 0 Å². The second kappa shape index (κ2) is 9.76. The molecule has 2 aliphatic carbocycles. The number of carboxylic acids is 1. The van der Waals surface area contributed by atoms with Crippen molar-refractivity contribution in [3.63, 3.8) is 0 Å². The lowest BCUT2D eigenvalue weighted by Crippen LogP contribution is -2.52. The fourth-order valence-electron chi connectivity index (χ4n) is 7.80. The molecule has 222 valence electrons. The van der Waals surface area contributed by atoms with Crippen LogP contribution in [0.25, 0.3) is 0 Å². The van der Waals surface area contributed by atoms with E-state index in [1.54, 1.807) is 34.6 Å². The third-order valence-electron chi connectivity index (χ3n) is 11.3. The molecule has 6 unspecified atom stereocenters. The second-order valence-corrected chi connectivity index (χ2v) is 15.1. The van der Waals surface area contributed by atoms with Crippen LogP contribution in [0.3, 0.4) is 0 Å². The van der Waals surface area contributed by atoms with Crippen LogP contribution in [-0.4, -0.2) is 46.8 Å². The summed E-state index contributed by atoms with van der Waals surface area (Å²) in [6.07, 6.45) is 3.64. The Bertz CT molecular complexity index is 1030. The predicted molar refractivity (Wildman–Crippen MR) is 146 cm³/mol. The van der Waals surface area contributed by atoms with E-state index in [1.807, 2.05) is 13.8 Å². The summed E-state index contributed by atoms with van der Waals surface area (Å²) in [7, 11) is 0. The number of carbonyl (C=O) groups excluding carboxylic acids is 3. The number of esters is 3. The number of aliphatic carboxylic acids is 1. The topological polar surface area (TPSA) is 116 Å². The molecular weight excluding hydrogens is 500 g/mol. The van der Waals surface area contributed by atoms with Crippen LogP contribution in [0.2, 0.25) is 0 Å². The van der Waals surface area contributed by atoms with Crippen molar-refractivity contribution < 1.29 is 38.5 Å². The highest BCUT2D eigenvalue weighted by molar-refractivity contribution is 5.83. The van der Waals surface area contributed by atoms with Crippen molar-refractivity contribution in [3.8, 4) is 0 Å². The number of cyclic esters (lactones) is 1. The summed E-state index contributed by atoms with van der Waals surface area (Å²) < 4.78 is 17.4. The minimum absolute atomic E-state index is 0.0400. The van der Waals surface area contributed by atoms with Gasteiger partial charge in [-0.15, -0.1) is 0 Å². The Hall–Kier alpha value is -2.12. The lowest BCUT2D eigenvalue weighted by atomic mass is 9.64. The highest BCUT2D eigenvalue weighted by atomic mass is 16.6. The molecule has 0 spiro atoms. The van der Waals surface area contributed by atoms with Gasteiger partial charge in [-0.2, -0.15) is 0 Å². The van der Waals surface area contributed by atoms with Crippen LogP contribution in [0.1, 0.15) is 121 Å². The molecule has 0 aromatic carbocycles. The van der Waals surface area contributed by atoms with Crippen LogP contribution in [-0.2, 0) is 33.4 Å². The molecule has 3 fully saturated rings. The van der Waals surface area contributed by atoms with Gasteiger partial charge < -0.3 is 19.3 Å². The minimum Gasteiger partial charge on any atom is -0.481 e. The first-order chi connectivity index (χ1) is 17.6. The maximum absolute atomic E-state index is 14.0. The third kappa shape index (κ3) is 5.33. The van der Waals surface area contributed by atoms with Gasteiger partial charge in [0.1, 0.15) is 11.2 Å². The smallest absolute Gasteiger partial charge is 0.312 e. The standard InChI is InChI=1S/C31H50O8/c1-11-27(6,23(35)39-31(10)16-20-12-13-30(31,9)26(20,4)5)19-28(7,18-25(2,3)22(33)34)24(36)38-29(8)14-15-37-21(32)17-29/h20H,11-19H2,1-10H3,(H,33,34). The zero-order valence-corrected chi connectivity index (χ0v) is 25.7. The normalized spacial score (nSPS) is 34.9. The van der Waals surface area contributed by atoms with Gasteiger partial charge in [-0.3, -0.25) is 19.2 Å². The van der Waals surface area contributed by atoms with E-state index >= 15 is 0 Å². The van der Waals surface area contributed by atoms with E-state index in [4.69, 9.17) is 14.2 Å². The molecule has 0 aromatic heterocycles. The number of carbonyl (C=O) groups is 4. The third-order valence-corrected chi connectivity index (χ3v) is 11.3. The van der Waals surface area contributed by atoms with E-state index in [0.29, 0.717) is 18.8 Å². The molecular formula is C31H50O8. The summed E-state index contributed by atoms with van der Waals surface area (Å²) >= 11 is 0. The highest BCUT2D eigenvalue weighted by Crippen LogP contribution is 2.70. The van der Waals surface area contributed by atoms with Crippen molar-refractivity contribution in [2.75, 3.05) is 6.61 Å². The van der Waals surface area contributed by atoms with E-state index in [-0.39, 0.29) is 42.7 Å². The predicted octanol–water partition coefficient (Wildman–Crippen LogP) is 6.09. The van der Waals surface area contributed by atoms with Gasteiger partial charge >= 0.3 is 23.9 Å².